The highest BCUT2D eigenvalue weighted by Crippen LogP contribution is 2.13. The number of para-hydroxylation sites is 1. The molecular formula is C19H22N2O2. The summed E-state index contributed by atoms with van der Waals surface area (Å²) >= 11 is 0. The fourth-order valence-corrected chi connectivity index (χ4v) is 2.34. The summed E-state index contributed by atoms with van der Waals surface area (Å²) in [5.74, 6) is -0.165. The maximum atomic E-state index is 12.2. The number of nitrogens with one attached hydrogen (secondary N) is 1. The first-order chi connectivity index (χ1) is 11.0. The Kier molecular flexibility index (Phi) is 5.52. The molecule has 0 bridgehead atoms. The van der Waals surface area contributed by atoms with Gasteiger partial charge in [-0.1, -0.05) is 24.3 Å². The molecule has 0 heterocycles. The number of benzene rings is 2. The van der Waals surface area contributed by atoms with Crippen LogP contribution in [0.2, 0.25) is 0 Å². The van der Waals surface area contributed by atoms with Gasteiger partial charge in [-0.2, -0.15) is 0 Å². The lowest BCUT2D eigenvalue weighted by Crippen LogP contribution is -2.37. The fraction of sp³-hybridized carbons (Fsp3) is 0.263. The van der Waals surface area contributed by atoms with Crippen molar-refractivity contribution in [3.8, 4) is 0 Å². The molecule has 0 aliphatic heterocycles. The van der Waals surface area contributed by atoms with Crippen molar-refractivity contribution in [1.29, 1.82) is 0 Å². The average Bonchev–Trinajstić information content (AvgIpc) is 2.54. The van der Waals surface area contributed by atoms with Crippen LogP contribution in [0.1, 0.15) is 28.4 Å². The van der Waals surface area contributed by atoms with Crippen molar-refractivity contribution in [2.75, 3.05) is 18.0 Å². The number of hydrogen-bond acceptors (Lipinski definition) is 2. The molecule has 0 aliphatic carbocycles. The van der Waals surface area contributed by atoms with Crippen LogP contribution in [0, 0.1) is 13.8 Å². The van der Waals surface area contributed by atoms with E-state index in [1.807, 2.05) is 62.4 Å². The van der Waals surface area contributed by atoms with E-state index >= 15 is 0 Å². The Bertz CT molecular complexity index is 696. The second kappa shape index (κ2) is 7.58. The summed E-state index contributed by atoms with van der Waals surface area (Å²) in [6.45, 7) is 6.37. The van der Waals surface area contributed by atoms with Gasteiger partial charge in [0.2, 0.25) is 5.91 Å². The molecule has 0 fully saturated rings. The summed E-state index contributed by atoms with van der Waals surface area (Å²) in [5, 5.41) is 2.87. The number of hydrogen-bond donors (Lipinski definition) is 1. The Balaban J connectivity index is 1.95. The molecule has 0 aromatic heterocycles. The number of aryl methyl sites for hydroxylation is 2. The molecule has 0 spiro atoms. The highest BCUT2D eigenvalue weighted by molar-refractivity contribution is 5.95. The second-order valence-corrected chi connectivity index (χ2v) is 5.56. The third-order valence-corrected chi connectivity index (χ3v) is 3.84. The molecule has 0 aliphatic rings. The third-order valence-electron chi connectivity index (χ3n) is 3.84. The summed E-state index contributed by atoms with van der Waals surface area (Å²) in [6, 6.07) is 15.1. The Hall–Kier alpha value is -2.62. The van der Waals surface area contributed by atoms with Crippen molar-refractivity contribution in [2.45, 2.75) is 20.8 Å². The predicted molar refractivity (Wildman–Crippen MR) is 92.7 cm³/mol. The Labute approximate surface area is 137 Å². The number of amides is 2. The van der Waals surface area contributed by atoms with Gasteiger partial charge in [0.05, 0.1) is 0 Å². The number of nitrogens with zero attached hydrogens (tertiary/aromatic N) is 1. The van der Waals surface area contributed by atoms with Gasteiger partial charge in [-0.15, -0.1) is 0 Å². The second-order valence-electron chi connectivity index (χ2n) is 5.56. The molecule has 2 amide bonds. The van der Waals surface area contributed by atoms with E-state index in [2.05, 4.69) is 5.32 Å². The van der Waals surface area contributed by atoms with E-state index in [-0.39, 0.29) is 11.8 Å². The number of rotatable bonds is 5. The smallest absolute Gasteiger partial charge is 0.251 e. The molecule has 1 N–H and O–H groups in total. The van der Waals surface area contributed by atoms with Gasteiger partial charge in [0.1, 0.15) is 0 Å². The van der Waals surface area contributed by atoms with Crippen LogP contribution >= 0.6 is 0 Å². The van der Waals surface area contributed by atoms with Crippen molar-refractivity contribution in [1.82, 2.24) is 5.32 Å². The van der Waals surface area contributed by atoms with E-state index in [0.717, 1.165) is 16.8 Å². The Morgan fingerprint density at radius 2 is 1.70 bits per heavy atom. The highest BCUT2D eigenvalue weighted by Gasteiger charge is 2.12. The van der Waals surface area contributed by atoms with Crippen LogP contribution in [0.3, 0.4) is 0 Å². The first-order valence-corrected chi connectivity index (χ1v) is 7.67. The standard InChI is InChI=1S/C19H22N2O2/c1-14-9-10-17(13-15(14)2)19(23)20-11-12-21(16(3)22)18-7-5-4-6-8-18/h4-10,13H,11-12H2,1-3H3,(H,20,23). The highest BCUT2D eigenvalue weighted by atomic mass is 16.2. The minimum absolute atomic E-state index is 0.0448. The van der Waals surface area contributed by atoms with Gasteiger partial charge in [0, 0.05) is 31.3 Å². The minimum atomic E-state index is -0.121. The minimum Gasteiger partial charge on any atom is -0.350 e. The lowest BCUT2D eigenvalue weighted by molar-refractivity contribution is -0.116. The van der Waals surface area contributed by atoms with Crippen LogP contribution in [0.5, 0.6) is 0 Å². The van der Waals surface area contributed by atoms with Gasteiger partial charge in [0.25, 0.3) is 5.91 Å². The van der Waals surface area contributed by atoms with Crippen molar-refractivity contribution in [3.05, 3.63) is 65.2 Å². The van der Waals surface area contributed by atoms with Crippen molar-refractivity contribution in [2.24, 2.45) is 0 Å². The molecule has 4 nitrogen and oxygen atoms in total. The molecule has 23 heavy (non-hydrogen) atoms. The largest absolute Gasteiger partial charge is 0.350 e. The summed E-state index contributed by atoms with van der Waals surface area (Å²) in [6.07, 6.45) is 0. The van der Waals surface area contributed by atoms with Crippen LogP contribution in [0.4, 0.5) is 5.69 Å². The van der Waals surface area contributed by atoms with Crippen molar-refractivity contribution in [3.63, 3.8) is 0 Å². The number of anilines is 1. The number of carbonyl (C=O) groups excluding carboxylic acids is 2. The number of carbonyl (C=O) groups is 2. The molecule has 120 valence electrons. The van der Waals surface area contributed by atoms with E-state index in [1.165, 1.54) is 6.92 Å². The fourth-order valence-electron chi connectivity index (χ4n) is 2.34. The zero-order valence-electron chi connectivity index (χ0n) is 13.8. The molecule has 0 atom stereocenters. The molecule has 4 heteroatoms. The third kappa shape index (κ3) is 4.42. The van der Waals surface area contributed by atoms with Crippen LogP contribution in [-0.4, -0.2) is 24.9 Å². The molecule has 2 aromatic rings. The molecular weight excluding hydrogens is 288 g/mol. The van der Waals surface area contributed by atoms with Crippen LogP contribution in [0.25, 0.3) is 0 Å². The van der Waals surface area contributed by atoms with Gasteiger partial charge in [-0.05, 0) is 49.2 Å². The topological polar surface area (TPSA) is 49.4 Å². The summed E-state index contributed by atoms with van der Waals surface area (Å²) in [5.41, 5.74) is 3.73. The first-order valence-electron chi connectivity index (χ1n) is 7.67. The average molecular weight is 310 g/mol. The summed E-state index contributed by atoms with van der Waals surface area (Å²) < 4.78 is 0. The summed E-state index contributed by atoms with van der Waals surface area (Å²) in [4.78, 5) is 25.6. The maximum absolute atomic E-state index is 12.2. The van der Waals surface area contributed by atoms with E-state index < -0.39 is 0 Å². The Morgan fingerprint density at radius 3 is 2.30 bits per heavy atom. The van der Waals surface area contributed by atoms with E-state index in [9.17, 15) is 9.59 Å². The lowest BCUT2D eigenvalue weighted by Gasteiger charge is -2.21. The lowest BCUT2D eigenvalue weighted by atomic mass is 10.1. The van der Waals surface area contributed by atoms with Gasteiger partial charge < -0.3 is 10.2 Å². The molecule has 0 saturated carbocycles. The normalized spacial score (nSPS) is 10.2. The zero-order valence-corrected chi connectivity index (χ0v) is 13.8. The SMILES string of the molecule is CC(=O)N(CCNC(=O)c1ccc(C)c(C)c1)c1ccccc1. The molecule has 0 saturated heterocycles. The van der Waals surface area contributed by atoms with Gasteiger partial charge in [0.15, 0.2) is 0 Å². The van der Waals surface area contributed by atoms with E-state index in [1.54, 1.807) is 4.90 Å². The van der Waals surface area contributed by atoms with Gasteiger partial charge >= 0.3 is 0 Å². The Morgan fingerprint density at radius 1 is 1.00 bits per heavy atom. The van der Waals surface area contributed by atoms with Crippen molar-refractivity contribution < 1.29 is 9.59 Å². The molecule has 2 rings (SSSR count). The monoisotopic (exact) mass is 310 g/mol. The molecule has 2 aromatic carbocycles. The van der Waals surface area contributed by atoms with E-state index in [4.69, 9.17) is 0 Å². The zero-order chi connectivity index (χ0) is 16.8. The van der Waals surface area contributed by atoms with E-state index in [0.29, 0.717) is 18.7 Å². The van der Waals surface area contributed by atoms with Crippen LogP contribution < -0.4 is 10.2 Å². The molecule has 0 radical (unpaired) electrons. The maximum Gasteiger partial charge on any atom is 0.251 e. The van der Waals surface area contributed by atoms with Crippen LogP contribution in [-0.2, 0) is 4.79 Å². The molecule has 0 unspecified atom stereocenters. The quantitative estimate of drug-likeness (QED) is 0.922. The first kappa shape index (κ1) is 16.7. The van der Waals surface area contributed by atoms with Gasteiger partial charge in [-0.25, -0.2) is 0 Å². The predicted octanol–water partition coefficient (Wildman–Crippen LogP) is 3.09. The van der Waals surface area contributed by atoms with Gasteiger partial charge in [-0.3, -0.25) is 9.59 Å². The van der Waals surface area contributed by atoms with Crippen molar-refractivity contribution >= 4 is 17.5 Å². The summed E-state index contributed by atoms with van der Waals surface area (Å²) in [7, 11) is 0. The van der Waals surface area contributed by atoms with Crippen LogP contribution in [0.15, 0.2) is 48.5 Å².